The number of piperidine rings is 1. The van der Waals surface area contributed by atoms with Crippen LogP contribution in [0.4, 0.5) is 0 Å². The van der Waals surface area contributed by atoms with Gasteiger partial charge in [0.25, 0.3) is 0 Å². The molecule has 2 nitrogen and oxygen atoms in total. The minimum Gasteiger partial charge on any atom is -0.313 e. The minimum atomic E-state index is 0.458. The lowest BCUT2D eigenvalue weighted by molar-refractivity contribution is 0.0864. The molecule has 0 aromatic heterocycles. The van der Waals surface area contributed by atoms with E-state index in [9.17, 15) is 0 Å². The van der Waals surface area contributed by atoms with Gasteiger partial charge in [-0.15, -0.1) is 0 Å². The number of nitrogens with zero attached hydrogens (tertiary/aromatic N) is 1. The van der Waals surface area contributed by atoms with Crippen molar-refractivity contribution in [2.24, 2.45) is 17.3 Å². The second-order valence-corrected chi connectivity index (χ2v) is 7.46. The third-order valence-corrected chi connectivity index (χ3v) is 4.80. The molecule has 1 saturated heterocycles. The van der Waals surface area contributed by atoms with Crippen LogP contribution < -0.4 is 5.32 Å². The standard InChI is InChI=1S/C16H32N2/c1-5-16(4,11-17-15-6-7-15)12-18-9-13(2)8-14(3)10-18/h13-15,17H,5-12H2,1-4H3. The molecule has 2 rings (SSSR count). The Morgan fingerprint density at radius 1 is 1.17 bits per heavy atom. The molecule has 0 aromatic rings. The predicted molar refractivity (Wildman–Crippen MR) is 78.8 cm³/mol. The average Bonchev–Trinajstić information content (AvgIpc) is 3.09. The Morgan fingerprint density at radius 3 is 2.28 bits per heavy atom. The summed E-state index contributed by atoms with van der Waals surface area (Å²) < 4.78 is 0. The SMILES string of the molecule is CCC(C)(CNC1CC1)CN1CC(C)CC(C)C1. The van der Waals surface area contributed by atoms with Gasteiger partial charge < -0.3 is 10.2 Å². The maximum absolute atomic E-state index is 3.73. The van der Waals surface area contributed by atoms with E-state index in [2.05, 4.69) is 37.9 Å². The van der Waals surface area contributed by atoms with Crippen molar-refractivity contribution in [1.82, 2.24) is 10.2 Å². The molecular weight excluding hydrogens is 220 g/mol. The highest BCUT2D eigenvalue weighted by Gasteiger charge is 2.31. The first-order chi connectivity index (χ1) is 8.50. The van der Waals surface area contributed by atoms with E-state index in [1.807, 2.05) is 0 Å². The summed E-state index contributed by atoms with van der Waals surface area (Å²) in [5.41, 5.74) is 0.458. The average molecular weight is 252 g/mol. The van der Waals surface area contributed by atoms with Gasteiger partial charge in [-0.25, -0.2) is 0 Å². The Labute approximate surface area is 114 Å². The molecule has 2 heteroatoms. The van der Waals surface area contributed by atoms with Gasteiger partial charge in [-0.3, -0.25) is 0 Å². The van der Waals surface area contributed by atoms with E-state index in [-0.39, 0.29) is 0 Å². The van der Waals surface area contributed by atoms with Gasteiger partial charge in [-0.05, 0) is 42.9 Å². The molecule has 0 aromatic carbocycles. The van der Waals surface area contributed by atoms with Crippen molar-refractivity contribution in [3.8, 4) is 0 Å². The van der Waals surface area contributed by atoms with Crippen LogP contribution in [-0.4, -0.2) is 37.1 Å². The summed E-state index contributed by atoms with van der Waals surface area (Å²) in [6.07, 6.45) is 5.50. The van der Waals surface area contributed by atoms with E-state index < -0.39 is 0 Å². The molecule has 0 spiro atoms. The smallest absolute Gasteiger partial charge is 0.00684 e. The van der Waals surface area contributed by atoms with Crippen molar-refractivity contribution in [2.45, 2.75) is 59.4 Å². The van der Waals surface area contributed by atoms with E-state index >= 15 is 0 Å². The second kappa shape index (κ2) is 5.92. The fourth-order valence-electron chi connectivity index (χ4n) is 3.43. The number of nitrogens with one attached hydrogen (secondary N) is 1. The third-order valence-electron chi connectivity index (χ3n) is 4.80. The monoisotopic (exact) mass is 252 g/mol. The highest BCUT2D eigenvalue weighted by atomic mass is 15.1. The molecule has 2 aliphatic rings. The van der Waals surface area contributed by atoms with Gasteiger partial charge in [-0.1, -0.05) is 27.7 Å². The van der Waals surface area contributed by atoms with Crippen LogP contribution in [0.2, 0.25) is 0 Å². The molecule has 1 aliphatic heterocycles. The molecule has 2 fully saturated rings. The van der Waals surface area contributed by atoms with E-state index in [1.165, 1.54) is 51.9 Å². The largest absolute Gasteiger partial charge is 0.313 e. The van der Waals surface area contributed by atoms with Crippen LogP contribution in [0.25, 0.3) is 0 Å². The minimum absolute atomic E-state index is 0.458. The van der Waals surface area contributed by atoms with E-state index in [4.69, 9.17) is 0 Å². The molecule has 18 heavy (non-hydrogen) atoms. The first-order valence-corrected chi connectivity index (χ1v) is 7.96. The lowest BCUT2D eigenvalue weighted by Crippen LogP contribution is -2.47. The van der Waals surface area contributed by atoms with Crippen molar-refractivity contribution >= 4 is 0 Å². The lowest BCUT2D eigenvalue weighted by atomic mass is 9.84. The first-order valence-electron chi connectivity index (χ1n) is 7.96. The molecular formula is C16H32N2. The number of hydrogen-bond donors (Lipinski definition) is 1. The summed E-state index contributed by atoms with van der Waals surface area (Å²) in [6, 6.07) is 0.843. The Bertz CT molecular complexity index is 252. The van der Waals surface area contributed by atoms with Crippen LogP contribution >= 0.6 is 0 Å². The third kappa shape index (κ3) is 4.24. The summed E-state index contributed by atoms with van der Waals surface area (Å²) in [5, 5.41) is 3.73. The van der Waals surface area contributed by atoms with E-state index in [0.717, 1.165) is 17.9 Å². The van der Waals surface area contributed by atoms with Crippen molar-refractivity contribution in [3.05, 3.63) is 0 Å². The molecule has 3 unspecified atom stereocenters. The summed E-state index contributed by atoms with van der Waals surface area (Å²) in [6.45, 7) is 14.7. The fraction of sp³-hybridized carbons (Fsp3) is 1.00. The number of hydrogen-bond acceptors (Lipinski definition) is 2. The van der Waals surface area contributed by atoms with Crippen molar-refractivity contribution < 1.29 is 0 Å². The van der Waals surface area contributed by atoms with E-state index in [1.54, 1.807) is 0 Å². The summed E-state index contributed by atoms with van der Waals surface area (Å²) >= 11 is 0. The fourth-order valence-corrected chi connectivity index (χ4v) is 3.43. The Morgan fingerprint density at radius 2 is 1.78 bits per heavy atom. The van der Waals surface area contributed by atoms with Gasteiger partial charge in [0.1, 0.15) is 0 Å². The normalized spacial score (nSPS) is 33.3. The summed E-state index contributed by atoms with van der Waals surface area (Å²) in [7, 11) is 0. The Hall–Kier alpha value is -0.0800. The first kappa shape index (κ1) is 14.3. The van der Waals surface area contributed by atoms with Gasteiger partial charge in [0, 0.05) is 32.2 Å². The number of likely N-dealkylation sites (tertiary alicyclic amines) is 1. The van der Waals surface area contributed by atoms with Gasteiger partial charge in [0.15, 0.2) is 0 Å². The molecule has 0 radical (unpaired) electrons. The predicted octanol–water partition coefficient (Wildman–Crippen LogP) is 3.13. The summed E-state index contributed by atoms with van der Waals surface area (Å²) in [4.78, 5) is 2.72. The highest BCUT2D eigenvalue weighted by molar-refractivity contribution is 4.88. The molecule has 1 aliphatic carbocycles. The molecule has 3 atom stereocenters. The van der Waals surface area contributed by atoms with Gasteiger partial charge in [0.2, 0.25) is 0 Å². The van der Waals surface area contributed by atoms with Gasteiger partial charge in [0.05, 0.1) is 0 Å². The maximum Gasteiger partial charge on any atom is 0.00684 e. The molecule has 1 heterocycles. The van der Waals surface area contributed by atoms with Gasteiger partial charge >= 0.3 is 0 Å². The lowest BCUT2D eigenvalue weighted by Gasteiger charge is -2.41. The van der Waals surface area contributed by atoms with Crippen molar-refractivity contribution in [1.29, 1.82) is 0 Å². The van der Waals surface area contributed by atoms with Crippen molar-refractivity contribution in [3.63, 3.8) is 0 Å². The van der Waals surface area contributed by atoms with E-state index in [0.29, 0.717) is 5.41 Å². The maximum atomic E-state index is 3.73. The van der Waals surface area contributed by atoms with Crippen LogP contribution in [0.1, 0.15) is 53.4 Å². The van der Waals surface area contributed by atoms with Crippen LogP contribution in [0.5, 0.6) is 0 Å². The van der Waals surface area contributed by atoms with Crippen LogP contribution in [0, 0.1) is 17.3 Å². The summed E-state index contributed by atoms with van der Waals surface area (Å²) in [5.74, 6) is 1.76. The topological polar surface area (TPSA) is 15.3 Å². The Balaban J connectivity index is 1.83. The zero-order chi connectivity index (χ0) is 13.2. The zero-order valence-electron chi connectivity index (χ0n) is 12.8. The molecule has 1 N–H and O–H groups in total. The molecule has 106 valence electrons. The zero-order valence-corrected chi connectivity index (χ0v) is 12.8. The molecule has 0 bridgehead atoms. The van der Waals surface area contributed by atoms with Crippen molar-refractivity contribution in [2.75, 3.05) is 26.2 Å². The Kier molecular flexibility index (Phi) is 4.71. The quantitative estimate of drug-likeness (QED) is 0.781. The molecule has 1 saturated carbocycles. The number of rotatable bonds is 6. The van der Waals surface area contributed by atoms with Crippen LogP contribution in [0.3, 0.4) is 0 Å². The molecule has 0 amide bonds. The second-order valence-electron chi connectivity index (χ2n) is 7.46. The van der Waals surface area contributed by atoms with Crippen LogP contribution in [-0.2, 0) is 0 Å². The van der Waals surface area contributed by atoms with Gasteiger partial charge in [-0.2, -0.15) is 0 Å². The van der Waals surface area contributed by atoms with Crippen LogP contribution in [0.15, 0.2) is 0 Å². The highest BCUT2D eigenvalue weighted by Crippen LogP contribution is 2.28.